The Kier molecular flexibility index (Phi) is 8.19. The Morgan fingerprint density at radius 1 is 1.16 bits per heavy atom. The molecule has 0 aromatic carbocycles. The fourth-order valence-electron chi connectivity index (χ4n) is 3.55. The highest BCUT2D eigenvalue weighted by atomic mass is 32.1. The summed E-state index contributed by atoms with van der Waals surface area (Å²) < 4.78 is 9.76. The number of aryl methyl sites for hydroxylation is 2. The summed E-state index contributed by atoms with van der Waals surface area (Å²) >= 11 is 1.56. The lowest BCUT2D eigenvalue weighted by atomic mass is 10.3. The SMILES string of the molecule is CCCCn1c(=O)n(CC(O)COCc2cccs2)c(=O)c2c1nc(CO)n2CCC. The molecule has 0 bridgehead atoms. The van der Waals surface area contributed by atoms with Crippen LogP contribution in [0.3, 0.4) is 0 Å². The number of hydrogen-bond acceptors (Lipinski definition) is 7. The Bertz CT molecular complexity index is 1100. The number of aliphatic hydroxyl groups excluding tert-OH is 2. The van der Waals surface area contributed by atoms with Crippen molar-refractivity contribution in [2.45, 2.75) is 72.1 Å². The summed E-state index contributed by atoms with van der Waals surface area (Å²) in [7, 11) is 0. The first-order chi connectivity index (χ1) is 15.0. The van der Waals surface area contributed by atoms with E-state index in [9.17, 15) is 19.8 Å². The first-order valence-electron chi connectivity index (χ1n) is 10.6. The number of ether oxygens (including phenoxy) is 1. The van der Waals surface area contributed by atoms with Gasteiger partial charge in [0.05, 0.1) is 25.9 Å². The van der Waals surface area contributed by atoms with Crippen LogP contribution in [0, 0.1) is 0 Å². The maximum absolute atomic E-state index is 13.3. The number of nitrogens with zero attached hydrogens (tertiary/aromatic N) is 4. The van der Waals surface area contributed by atoms with Crippen LogP contribution in [0.15, 0.2) is 27.1 Å². The summed E-state index contributed by atoms with van der Waals surface area (Å²) in [5.74, 6) is 0.358. The van der Waals surface area contributed by atoms with Gasteiger partial charge in [-0.05, 0) is 24.3 Å². The monoisotopic (exact) mass is 450 g/mol. The van der Waals surface area contributed by atoms with E-state index in [-0.39, 0.29) is 25.3 Å². The number of rotatable bonds is 12. The molecule has 3 rings (SSSR count). The van der Waals surface area contributed by atoms with Gasteiger partial charge in [-0.2, -0.15) is 0 Å². The second-order valence-electron chi connectivity index (χ2n) is 7.46. The zero-order valence-electron chi connectivity index (χ0n) is 18.0. The van der Waals surface area contributed by atoms with Gasteiger partial charge in [0, 0.05) is 18.0 Å². The summed E-state index contributed by atoms with van der Waals surface area (Å²) in [6.45, 7) is 4.77. The van der Waals surface area contributed by atoms with Crippen molar-refractivity contribution in [2.75, 3.05) is 6.61 Å². The van der Waals surface area contributed by atoms with Crippen LogP contribution in [0.1, 0.15) is 43.8 Å². The number of hydrogen-bond donors (Lipinski definition) is 2. The average Bonchev–Trinajstić information content (AvgIpc) is 3.39. The van der Waals surface area contributed by atoms with Crippen LogP contribution < -0.4 is 11.2 Å². The van der Waals surface area contributed by atoms with Gasteiger partial charge in [0.25, 0.3) is 5.56 Å². The van der Waals surface area contributed by atoms with Gasteiger partial charge in [-0.15, -0.1) is 11.3 Å². The van der Waals surface area contributed by atoms with Gasteiger partial charge < -0.3 is 19.5 Å². The van der Waals surface area contributed by atoms with Crippen molar-refractivity contribution >= 4 is 22.5 Å². The molecule has 0 amide bonds. The average molecular weight is 451 g/mol. The van der Waals surface area contributed by atoms with E-state index in [1.807, 2.05) is 31.4 Å². The minimum Gasteiger partial charge on any atom is -0.389 e. The van der Waals surface area contributed by atoms with Crippen LogP contribution >= 0.6 is 11.3 Å². The van der Waals surface area contributed by atoms with Crippen LogP contribution in [0.4, 0.5) is 0 Å². The van der Waals surface area contributed by atoms with E-state index in [1.165, 1.54) is 4.57 Å². The van der Waals surface area contributed by atoms with Gasteiger partial charge in [0.15, 0.2) is 11.2 Å². The molecule has 0 saturated heterocycles. The summed E-state index contributed by atoms with van der Waals surface area (Å²) in [4.78, 5) is 31.8. The summed E-state index contributed by atoms with van der Waals surface area (Å²) in [6.07, 6.45) is 1.34. The minimum atomic E-state index is -1.01. The van der Waals surface area contributed by atoms with Gasteiger partial charge in [-0.25, -0.2) is 9.78 Å². The van der Waals surface area contributed by atoms with Crippen LogP contribution in [-0.2, 0) is 37.6 Å². The molecule has 0 fully saturated rings. The maximum atomic E-state index is 13.3. The number of aliphatic hydroxyl groups is 2. The first kappa shape index (κ1) is 23.4. The molecular formula is C21H30N4O5S. The largest absolute Gasteiger partial charge is 0.389 e. The normalized spacial score (nSPS) is 12.6. The number of aromatic nitrogens is 4. The van der Waals surface area contributed by atoms with Gasteiger partial charge in [-0.1, -0.05) is 26.3 Å². The molecule has 170 valence electrons. The van der Waals surface area contributed by atoms with Crippen LogP contribution in [0.5, 0.6) is 0 Å². The molecule has 0 aliphatic rings. The third-order valence-corrected chi connectivity index (χ3v) is 5.90. The molecule has 3 aromatic rings. The third-order valence-electron chi connectivity index (χ3n) is 5.05. The summed E-state index contributed by atoms with van der Waals surface area (Å²) in [5, 5.41) is 22.1. The Morgan fingerprint density at radius 3 is 2.61 bits per heavy atom. The molecule has 0 aliphatic carbocycles. The molecule has 2 N–H and O–H groups in total. The lowest BCUT2D eigenvalue weighted by Gasteiger charge is -2.15. The fourth-order valence-corrected chi connectivity index (χ4v) is 4.19. The zero-order valence-corrected chi connectivity index (χ0v) is 18.8. The highest BCUT2D eigenvalue weighted by Gasteiger charge is 2.22. The van der Waals surface area contributed by atoms with Crippen molar-refractivity contribution in [3.8, 4) is 0 Å². The van der Waals surface area contributed by atoms with E-state index >= 15 is 0 Å². The Balaban J connectivity index is 1.96. The molecular weight excluding hydrogens is 420 g/mol. The number of thiophene rings is 1. The third kappa shape index (κ3) is 5.15. The number of imidazole rings is 1. The van der Waals surface area contributed by atoms with E-state index in [4.69, 9.17) is 4.74 Å². The Morgan fingerprint density at radius 2 is 1.97 bits per heavy atom. The number of fused-ring (bicyclic) bond motifs is 1. The van der Waals surface area contributed by atoms with Gasteiger partial charge in [-0.3, -0.25) is 13.9 Å². The van der Waals surface area contributed by atoms with Crippen LogP contribution in [0.25, 0.3) is 11.2 Å². The molecule has 0 saturated carbocycles. The Labute approximate surface area is 184 Å². The molecule has 10 heteroatoms. The predicted molar refractivity (Wildman–Crippen MR) is 119 cm³/mol. The van der Waals surface area contributed by atoms with E-state index in [0.717, 1.165) is 28.7 Å². The highest BCUT2D eigenvalue weighted by molar-refractivity contribution is 7.09. The van der Waals surface area contributed by atoms with E-state index in [1.54, 1.807) is 15.9 Å². The van der Waals surface area contributed by atoms with Crippen molar-refractivity contribution in [2.24, 2.45) is 0 Å². The number of unbranched alkanes of at least 4 members (excludes halogenated alkanes) is 1. The van der Waals surface area contributed by atoms with Crippen LogP contribution in [-0.4, -0.2) is 41.6 Å². The molecule has 1 atom stereocenters. The maximum Gasteiger partial charge on any atom is 0.332 e. The fraction of sp³-hybridized carbons (Fsp3) is 0.571. The van der Waals surface area contributed by atoms with Gasteiger partial charge in [0.2, 0.25) is 0 Å². The second-order valence-corrected chi connectivity index (χ2v) is 8.49. The summed E-state index contributed by atoms with van der Waals surface area (Å²) in [5.41, 5.74) is -0.437. The van der Waals surface area contributed by atoms with Crippen molar-refractivity contribution in [3.63, 3.8) is 0 Å². The molecule has 0 aliphatic heterocycles. The first-order valence-corrected chi connectivity index (χ1v) is 11.5. The van der Waals surface area contributed by atoms with Crippen molar-refractivity contribution in [1.82, 2.24) is 18.7 Å². The molecule has 3 heterocycles. The van der Waals surface area contributed by atoms with Gasteiger partial charge >= 0.3 is 5.69 Å². The van der Waals surface area contributed by atoms with E-state index in [0.29, 0.717) is 31.2 Å². The topological polar surface area (TPSA) is 112 Å². The standard InChI is InChI=1S/C21H30N4O5S/c1-3-5-9-24-19-18(23(8-4-2)17(12-26)22-19)20(28)25(21(24)29)11-15(27)13-30-14-16-7-6-10-31-16/h6-7,10,15,26-27H,3-5,8-9,11-14H2,1-2H3. The molecule has 0 radical (unpaired) electrons. The molecule has 0 spiro atoms. The van der Waals surface area contributed by atoms with Crippen molar-refractivity contribution in [1.29, 1.82) is 0 Å². The lowest BCUT2D eigenvalue weighted by Crippen LogP contribution is -2.43. The van der Waals surface area contributed by atoms with Crippen LogP contribution in [0.2, 0.25) is 0 Å². The zero-order chi connectivity index (χ0) is 22.4. The van der Waals surface area contributed by atoms with Crippen molar-refractivity contribution < 1.29 is 14.9 Å². The lowest BCUT2D eigenvalue weighted by molar-refractivity contribution is 0.0201. The predicted octanol–water partition coefficient (Wildman–Crippen LogP) is 1.70. The smallest absolute Gasteiger partial charge is 0.332 e. The quantitative estimate of drug-likeness (QED) is 0.434. The highest BCUT2D eigenvalue weighted by Crippen LogP contribution is 2.14. The molecule has 1 unspecified atom stereocenters. The minimum absolute atomic E-state index is 0.00683. The molecule has 9 nitrogen and oxygen atoms in total. The second kappa shape index (κ2) is 10.9. The van der Waals surface area contributed by atoms with Gasteiger partial charge in [0.1, 0.15) is 12.4 Å². The van der Waals surface area contributed by atoms with E-state index in [2.05, 4.69) is 4.98 Å². The summed E-state index contributed by atoms with van der Waals surface area (Å²) in [6, 6.07) is 3.86. The molecule has 3 aromatic heterocycles. The van der Waals surface area contributed by atoms with Crippen molar-refractivity contribution in [3.05, 3.63) is 49.1 Å². The molecule has 31 heavy (non-hydrogen) atoms. The Hall–Kier alpha value is -2.27. The van der Waals surface area contributed by atoms with E-state index < -0.39 is 17.4 Å².